The van der Waals surface area contributed by atoms with Crippen molar-refractivity contribution in [1.29, 1.82) is 0 Å². The van der Waals surface area contributed by atoms with E-state index in [0.717, 1.165) is 28.2 Å². The number of benzene rings is 2. The molecule has 4 nitrogen and oxygen atoms in total. The summed E-state index contributed by atoms with van der Waals surface area (Å²) >= 11 is 0. The van der Waals surface area contributed by atoms with E-state index < -0.39 is 6.10 Å². The van der Waals surface area contributed by atoms with Crippen molar-refractivity contribution < 1.29 is 14.3 Å². The molecule has 0 bridgehead atoms. The van der Waals surface area contributed by atoms with Crippen molar-refractivity contribution in [3.63, 3.8) is 0 Å². The zero-order valence-electron chi connectivity index (χ0n) is 14.9. The highest BCUT2D eigenvalue weighted by Gasteiger charge is 2.18. The molecule has 0 aliphatic carbocycles. The molecule has 0 unspecified atom stereocenters. The van der Waals surface area contributed by atoms with E-state index in [4.69, 9.17) is 9.47 Å². The Hall–Kier alpha value is -2.49. The van der Waals surface area contributed by atoms with Crippen LogP contribution in [0, 0.1) is 13.8 Å². The highest BCUT2D eigenvalue weighted by Crippen LogP contribution is 2.21. The highest BCUT2D eigenvalue weighted by molar-refractivity contribution is 5.81. The summed E-state index contributed by atoms with van der Waals surface area (Å²) in [7, 11) is 1.63. The van der Waals surface area contributed by atoms with Crippen LogP contribution in [0.4, 0.5) is 0 Å². The van der Waals surface area contributed by atoms with Gasteiger partial charge in [0.25, 0.3) is 5.91 Å². The van der Waals surface area contributed by atoms with E-state index >= 15 is 0 Å². The Morgan fingerprint density at radius 3 is 2.33 bits per heavy atom. The number of rotatable bonds is 6. The molecule has 1 N–H and O–H groups in total. The topological polar surface area (TPSA) is 47.6 Å². The number of amides is 1. The van der Waals surface area contributed by atoms with Crippen molar-refractivity contribution in [3.05, 3.63) is 59.2 Å². The van der Waals surface area contributed by atoms with E-state index in [2.05, 4.69) is 5.32 Å². The molecule has 2 aromatic rings. The molecule has 0 aliphatic heterocycles. The summed E-state index contributed by atoms with van der Waals surface area (Å²) in [6.45, 7) is 7.68. The van der Waals surface area contributed by atoms with Crippen LogP contribution in [0.1, 0.15) is 36.6 Å². The van der Waals surface area contributed by atoms with Crippen LogP contribution >= 0.6 is 0 Å². The van der Waals surface area contributed by atoms with Crippen LogP contribution in [0.3, 0.4) is 0 Å². The fourth-order valence-electron chi connectivity index (χ4n) is 2.38. The third kappa shape index (κ3) is 4.51. The molecular formula is C20H25NO3. The summed E-state index contributed by atoms with van der Waals surface area (Å²) in [5, 5.41) is 2.98. The molecule has 2 aromatic carbocycles. The average Bonchev–Trinajstić information content (AvgIpc) is 2.58. The molecule has 0 saturated carbocycles. The lowest BCUT2D eigenvalue weighted by molar-refractivity contribution is -0.127. The number of ether oxygens (including phenoxy) is 2. The maximum absolute atomic E-state index is 12.4. The first-order chi connectivity index (χ1) is 11.4. The summed E-state index contributed by atoms with van der Waals surface area (Å²) in [5.74, 6) is 1.40. The van der Waals surface area contributed by atoms with Crippen LogP contribution in [0.2, 0.25) is 0 Å². The van der Waals surface area contributed by atoms with E-state index in [-0.39, 0.29) is 11.9 Å². The van der Waals surface area contributed by atoms with E-state index in [1.165, 1.54) is 0 Å². The Balaban J connectivity index is 1.98. The van der Waals surface area contributed by atoms with Gasteiger partial charge in [0.2, 0.25) is 0 Å². The van der Waals surface area contributed by atoms with Crippen molar-refractivity contribution >= 4 is 5.91 Å². The normalized spacial score (nSPS) is 13.0. The quantitative estimate of drug-likeness (QED) is 0.874. The number of carbonyl (C=O) groups excluding carboxylic acids is 1. The van der Waals surface area contributed by atoms with Crippen molar-refractivity contribution in [1.82, 2.24) is 5.32 Å². The van der Waals surface area contributed by atoms with Gasteiger partial charge in [0.15, 0.2) is 6.10 Å². The fourth-order valence-corrected chi connectivity index (χ4v) is 2.38. The second-order valence-corrected chi connectivity index (χ2v) is 6.03. The standard InChI is InChI=1S/C20H25NO3/c1-13-6-7-14(2)19(12-13)24-16(4)20(22)21-15(3)17-8-10-18(23-5)11-9-17/h6-12,15-16H,1-5H3,(H,21,22)/t15-,16-/m0/s1. The van der Waals surface area contributed by atoms with Crippen molar-refractivity contribution in [2.45, 2.75) is 39.8 Å². The first-order valence-electron chi connectivity index (χ1n) is 8.09. The molecular weight excluding hydrogens is 302 g/mol. The van der Waals surface area contributed by atoms with Gasteiger partial charge in [-0.3, -0.25) is 4.79 Å². The van der Waals surface area contributed by atoms with Gasteiger partial charge in [0.1, 0.15) is 11.5 Å². The number of methoxy groups -OCH3 is 1. The van der Waals surface area contributed by atoms with Gasteiger partial charge in [0.05, 0.1) is 13.2 Å². The summed E-state index contributed by atoms with van der Waals surface area (Å²) in [5.41, 5.74) is 3.14. The lowest BCUT2D eigenvalue weighted by Gasteiger charge is -2.20. The van der Waals surface area contributed by atoms with Gasteiger partial charge in [0, 0.05) is 0 Å². The molecule has 0 aliphatic rings. The van der Waals surface area contributed by atoms with Crippen LogP contribution in [-0.2, 0) is 4.79 Å². The number of nitrogens with one attached hydrogen (secondary N) is 1. The molecule has 2 rings (SSSR count). The van der Waals surface area contributed by atoms with E-state index in [9.17, 15) is 4.79 Å². The van der Waals surface area contributed by atoms with Crippen molar-refractivity contribution in [2.75, 3.05) is 7.11 Å². The van der Waals surface area contributed by atoms with Crippen molar-refractivity contribution in [2.24, 2.45) is 0 Å². The minimum atomic E-state index is -0.564. The Labute approximate surface area is 143 Å². The van der Waals surface area contributed by atoms with E-state index in [1.54, 1.807) is 14.0 Å². The second kappa shape index (κ2) is 7.86. The van der Waals surface area contributed by atoms with Gasteiger partial charge in [-0.2, -0.15) is 0 Å². The number of hydrogen-bond acceptors (Lipinski definition) is 3. The largest absolute Gasteiger partial charge is 0.497 e. The molecule has 24 heavy (non-hydrogen) atoms. The van der Waals surface area contributed by atoms with Crippen LogP contribution in [0.25, 0.3) is 0 Å². The predicted molar refractivity (Wildman–Crippen MR) is 95.6 cm³/mol. The minimum absolute atomic E-state index is 0.104. The number of carbonyl (C=O) groups is 1. The first-order valence-corrected chi connectivity index (χ1v) is 8.09. The molecule has 0 fully saturated rings. The summed E-state index contributed by atoms with van der Waals surface area (Å²) in [6, 6.07) is 13.5. The molecule has 128 valence electrons. The third-order valence-electron chi connectivity index (χ3n) is 3.99. The molecule has 2 atom stereocenters. The first kappa shape index (κ1) is 17.9. The number of aryl methyl sites for hydroxylation is 2. The van der Waals surface area contributed by atoms with Gasteiger partial charge < -0.3 is 14.8 Å². The molecule has 4 heteroatoms. The maximum atomic E-state index is 12.4. The van der Waals surface area contributed by atoms with Crippen LogP contribution in [0.15, 0.2) is 42.5 Å². The Morgan fingerprint density at radius 2 is 1.71 bits per heavy atom. The summed E-state index contributed by atoms with van der Waals surface area (Å²) in [4.78, 5) is 12.4. The monoisotopic (exact) mass is 327 g/mol. The van der Waals surface area contributed by atoms with Gasteiger partial charge in [-0.05, 0) is 62.6 Å². The SMILES string of the molecule is COc1ccc([C@H](C)NC(=O)[C@H](C)Oc2cc(C)ccc2C)cc1. The molecule has 1 amide bonds. The highest BCUT2D eigenvalue weighted by atomic mass is 16.5. The van der Waals surface area contributed by atoms with Crippen LogP contribution in [-0.4, -0.2) is 19.1 Å². The molecule has 0 radical (unpaired) electrons. The molecule has 0 heterocycles. The van der Waals surface area contributed by atoms with E-state index in [1.807, 2.05) is 63.2 Å². The molecule has 0 saturated heterocycles. The maximum Gasteiger partial charge on any atom is 0.261 e. The zero-order chi connectivity index (χ0) is 17.7. The fraction of sp³-hybridized carbons (Fsp3) is 0.350. The van der Waals surface area contributed by atoms with Crippen LogP contribution in [0.5, 0.6) is 11.5 Å². The van der Waals surface area contributed by atoms with Gasteiger partial charge in [-0.25, -0.2) is 0 Å². The zero-order valence-corrected chi connectivity index (χ0v) is 14.9. The van der Waals surface area contributed by atoms with Crippen molar-refractivity contribution in [3.8, 4) is 11.5 Å². The Bertz CT molecular complexity index is 695. The molecule has 0 spiro atoms. The average molecular weight is 327 g/mol. The van der Waals surface area contributed by atoms with Gasteiger partial charge in [-0.15, -0.1) is 0 Å². The smallest absolute Gasteiger partial charge is 0.261 e. The predicted octanol–water partition coefficient (Wildman–Crippen LogP) is 3.96. The molecule has 0 aromatic heterocycles. The summed E-state index contributed by atoms with van der Waals surface area (Å²) < 4.78 is 11.0. The van der Waals surface area contributed by atoms with Gasteiger partial charge in [-0.1, -0.05) is 24.3 Å². The third-order valence-corrected chi connectivity index (χ3v) is 3.99. The lowest BCUT2D eigenvalue weighted by Crippen LogP contribution is -2.37. The Morgan fingerprint density at radius 1 is 1.04 bits per heavy atom. The van der Waals surface area contributed by atoms with Gasteiger partial charge >= 0.3 is 0 Å². The Kier molecular flexibility index (Phi) is 5.85. The van der Waals surface area contributed by atoms with E-state index in [0.29, 0.717) is 0 Å². The second-order valence-electron chi connectivity index (χ2n) is 6.03. The minimum Gasteiger partial charge on any atom is -0.497 e. The summed E-state index contributed by atoms with van der Waals surface area (Å²) in [6.07, 6.45) is -0.564. The number of hydrogen-bond donors (Lipinski definition) is 1. The van der Waals surface area contributed by atoms with Crippen LogP contribution < -0.4 is 14.8 Å². The lowest BCUT2D eigenvalue weighted by atomic mass is 10.1.